The van der Waals surface area contributed by atoms with Gasteiger partial charge in [-0.25, -0.2) is 8.42 Å². The SMILES string of the molecule is Cc1ccc(S(=O)(=O)N(C)Cc2ccco2)cc1. The summed E-state index contributed by atoms with van der Waals surface area (Å²) in [6, 6.07) is 10.3. The van der Waals surface area contributed by atoms with Crippen LogP contribution in [0.2, 0.25) is 0 Å². The minimum absolute atomic E-state index is 0.225. The molecule has 0 saturated carbocycles. The van der Waals surface area contributed by atoms with Crippen molar-refractivity contribution in [3.8, 4) is 0 Å². The highest BCUT2D eigenvalue weighted by atomic mass is 32.2. The Balaban J connectivity index is 2.22. The van der Waals surface area contributed by atoms with Crippen molar-refractivity contribution in [1.82, 2.24) is 4.31 Å². The number of benzene rings is 1. The van der Waals surface area contributed by atoms with Gasteiger partial charge in [0, 0.05) is 7.05 Å². The third-order valence-electron chi connectivity index (χ3n) is 2.69. The van der Waals surface area contributed by atoms with E-state index in [9.17, 15) is 8.42 Å². The first-order valence-corrected chi connectivity index (χ1v) is 6.99. The smallest absolute Gasteiger partial charge is 0.243 e. The van der Waals surface area contributed by atoms with Gasteiger partial charge < -0.3 is 4.42 Å². The van der Waals surface area contributed by atoms with Gasteiger partial charge in [0.15, 0.2) is 0 Å². The molecule has 1 aromatic heterocycles. The van der Waals surface area contributed by atoms with Crippen molar-refractivity contribution in [3.63, 3.8) is 0 Å². The van der Waals surface area contributed by atoms with Gasteiger partial charge in [0.2, 0.25) is 10.0 Å². The summed E-state index contributed by atoms with van der Waals surface area (Å²) < 4.78 is 30.9. The molecule has 4 nitrogen and oxygen atoms in total. The zero-order valence-corrected chi connectivity index (χ0v) is 11.1. The number of furan rings is 1. The molecule has 1 aromatic carbocycles. The van der Waals surface area contributed by atoms with Crippen molar-refractivity contribution in [2.45, 2.75) is 18.4 Å². The van der Waals surface area contributed by atoms with Gasteiger partial charge in [0.25, 0.3) is 0 Å². The molecule has 0 aliphatic heterocycles. The predicted molar refractivity (Wildman–Crippen MR) is 68.5 cm³/mol. The summed E-state index contributed by atoms with van der Waals surface area (Å²) in [6.07, 6.45) is 1.53. The lowest BCUT2D eigenvalue weighted by Gasteiger charge is -2.15. The van der Waals surface area contributed by atoms with Crippen molar-refractivity contribution >= 4 is 10.0 Å². The van der Waals surface area contributed by atoms with Gasteiger partial charge in [-0.3, -0.25) is 0 Å². The zero-order chi connectivity index (χ0) is 13.2. The summed E-state index contributed by atoms with van der Waals surface area (Å²) in [5, 5.41) is 0. The molecule has 0 aliphatic rings. The van der Waals surface area contributed by atoms with Crippen LogP contribution in [-0.2, 0) is 16.6 Å². The highest BCUT2D eigenvalue weighted by Crippen LogP contribution is 2.17. The highest BCUT2D eigenvalue weighted by Gasteiger charge is 2.21. The number of sulfonamides is 1. The number of nitrogens with zero attached hydrogens (tertiary/aromatic N) is 1. The molecular formula is C13H15NO3S. The van der Waals surface area contributed by atoms with Gasteiger partial charge in [-0.15, -0.1) is 0 Å². The van der Waals surface area contributed by atoms with Gasteiger partial charge >= 0.3 is 0 Å². The first kappa shape index (κ1) is 12.9. The monoisotopic (exact) mass is 265 g/mol. The third-order valence-corrected chi connectivity index (χ3v) is 4.51. The summed E-state index contributed by atoms with van der Waals surface area (Å²) >= 11 is 0. The molecule has 0 spiro atoms. The molecule has 0 amide bonds. The lowest BCUT2D eigenvalue weighted by atomic mass is 10.2. The molecule has 5 heteroatoms. The van der Waals surface area contributed by atoms with Crippen molar-refractivity contribution in [1.29, 1.82) is 0 Å². The Hall–Kier alpha value is -1.59. The fourth-order valence-corrected chi connectivity index (χ4v) is 2.73. The van der Waals surface area contributed by atoms with Gasteiger partial charge in [-0.05, 0) is 31.2 Å². The van der Waals surface area contributed by atoms with Crippen molar-refractivity contribution in [2.75, 3.05) is 7.05 Å². The average Bonchev–Trinajstić information content (AvgIpc) is 2.82. The first-order chi connectivity index (χ1) is 8.50. The van der Waals surface area contributed by atoms with E-state index in [0.717, 1.165) is 5.56 Å². The molecule has 0 radical (unpaired) electrons. The van der Waals surface area contributed by atoms with Crippen molar-refractivity contribution in [2.24, 2.45) is 0 Å². The second-order valence-corrected chi connectivity index (χ2v) is 6.20. The Bertz CT molecular complexity index is 600. The maximum absolute atomic E-state index is 12.3. The second kappa shape index (κ2) is 4.96. The molecule has 1 heterocycles. The van der Waals surface area contributed by atoms with E-state index < -0.39 is 10.0 Å². The van der Waals surface area contributed by atoms with Crippen LogP contribution < -0.4 is 0 Å². The van der Waals surface area contributed by atoms with E-state index in [1.807, 2.05) is 6.92 Å². The number of hydrogen-bond donors (Lipinski definition) is 0. The van der Waals surface area contributed by atoms with E-state index in [4.69, 9.17) is 4.42 Å². The molecule has 0 saturated heterocycles. The minimum Gasteiger partial charge on any atom is -0.468 e. The first-order valence-electron chi connectivity index (χ1n) is 5.55. The van der Waals surface area contributed by atoms with Crippen LogP contribution >= 0.6 is 0 Å². The normalized spacial score (nSPS) is 11.9. The van der Waals surface area contributed by atoms with Crippen LogP contribution in [0.4, 0.5) is 0 Å². The van der Waals surface area contributed by atoms with Crippen LogP contribution in [0.1, 0.15) is 11.3 Å². The standard InChI is InChI=1S/C13H15NO3S/c1-11-5-7-13(8-6-11)18(15,16)14(2)10-12-4-3-9-17-12/h3-9H,10H2,1-2H3. The third kappa shape index (κ3) is 2.63. The summed E-state index contributed by atoms with van der Waals surface area (Å²) in [5.74, 6) is 0.619. The Labute approximate surface area is 107 Å². The zero-order valence-electron chi connectivity index (χ0n) is 10.3. The summed E-state index contributed by atoms with van der Waals surface area (Å²) in [4.78, 5) is 0.294. The Morgan fingerprint density at radius 2 is 1.83 bits per heavy atom. The van der Waals surface area contributed by atoms with Crippen LogP contribution in [0.3, 0.4) is 0 Å². The average molecular weight is 265 g/mol. The molecule has 0 atom stereocenters. The summed E-state index contributed by atoms with van der Waals surface area (Å²) in [7, 11) is -1.92. The molecule has 0 fully saturated rings. The number of rotatable bonds is 4. The van der Waals surface area contributed by atoms with Crippen LogP contribution in [-0.4, -0.2) is 19.8 Å². The molecule has 0 bridgehead atoms. The Morgan fingerprint density at radius 1 is 1.17 bits per heavy atom. The summed E-state index contributed by atoms with van der Waals surface area (Å²) in [5.41, 5.74) is 1.03. The van der Waals surface area contributed by atoms with Crippen molar-refractivity contribution < 1.29 is 12.8 Å². The van der Waals surface area contributed by atoms with E-state index >= 15 is 0 Å². The molecule has 0 N–H and O–H groups in total. The topological polar surface area (TPSA) is 50.5 Å². The Morgan fingerprint density at radius 3 is 2.39 bits per heavy atom. The van der Waals surface area contributed by atoms with E-state index in [0.29, 0.717) is 10.7 Å². The maximum atomic E-state index is 12.3. The molecule has 2 aromatic rings. The molecule has 0 aliphatic carbocycles. The lowest BCUT2D eigenvalue weighted by molar-refractivity contribution is 0.406. The quantitative estimate of drug-likeness (QED) is 0.853. The van der Waals surface area contributed by atoms with Gasteiger partial charge in [-0.1, -0.05) is 17.7 Å². The molecule has 96 valence electrons. The number of hydrogen-bond acceptors (Lipinski definition) is 3. The van der Waals surface area contributed by atoms with Crippen LogP contribution in [0.25, 0.3) is 0 Å². The maximum Gasteiger partial charge on any atom is 0.243 e. The van der Waals surface area contributed by atoms with Crippen LogP contribution in [0, 0.1) is 6.92 Å². The fourth-order valence-electron chi connectivity index (χ4n) is 1.60. The lowest BCUT2D eigenvalue weighted by Crippen LogP contribution is -2.26. The van der Waals surface area contributed by atoms with Gasteiger partial charge in [0.1, 0.15) is 5.76 Å². The van der Waals surface area contributed by atoms with Crippen molar-refractivity contribution in [3.05, 3.63) is 54.0 Å². The second-order valence-electron chi connectivity index (χ2n) is 4.15. The van der Waals surface area contributed by atoms with E-state index in [1.54, 1.807) is 36.4 Å². The molecule has 0 unspecified atom stereocenters. The predicted octanol–water partition coefficient (Wildman–Crippen LogP) is 2.41. The highest BCUT2D eigenvalue weighted by molar-refractivity contribution is 7.89. The Kier molecular flexibility index (Phi) is 3.54. The van der Waals surface area contributed by atoms with E-state index in [1.165, 1.54) is 17.6 Å². The van der Waals surface area contributed by atoms with Gasteiger partial charge in [-0.2, -0.15) is 4.31 Å². The molecule has 18 heavy (non-hydrogen) atoms. The minimum atomic E-state index is -3.46. The summed E-state index contributed by atoms with van der Waals surface area (Å²) in [6.45, 7) is 2.15. The molecular weight excluding hydrogens is 250 g/mol. The van der Waals surface area contributed by atoms with Gasteiger partial charge in [0.05, 0.1) is 17.7 Å². The fraction of sp³-hybridized carbons (Fsp3) is 0.231. The van der Waals surface area contributed by atoms with Crippen LogP contribution in [0.5, 0.6) is 0 Å². The molecule has 2 rings (SSSR count). The largest absolute Gasteiger partial charge is 0.468 e. The number of aryl methyl sites for hydroxylation is 1. The van der Waals surface area contributed by atoms with Crippen LogP contribution in [0.15, 0.2) is 52.0 Å². The van der Waals surface area contributed by atoms with E-state index in [2.05, 4.69) is 0 Å². The van der Waals surface area contributed by atoms with E-state index in [-0.39, 0.29) is 6.54 Å².